The molecule has 1 aromatic rings. The van der Waals surface area contributed by atoms with Gasteiger partial charge in [0.25, 0.3) is 5.91 Å². The summed E-state index contributed by atoms with van der Waals surface area (Å²) in [5, 5.41) is 0. The van der Waals surface area contributed by atoms with E-state index in [2.05, 4.69) is 23.9 Å². The van der Waals surface area contributed by atoms with Gasteiger partial charge in [-0.2, -0.15) is 0 Å². The zero-order chi connectivity index (χ0) is 13.9. The number of carbonyl (C=O) groups excluding carboxylic acids is 1. The molecule has 0 saturated heterocycles. The first-order valence-electron chi connectivity index (χ1n) is 6.89. The van der Waals surface area contributed by atoms with E-state index in [0.29, 0.717) is 23.0 Å². The fraction of sp³-hybridized carbons (Fsp3) is 0.400. The van der Waals surface area contributed by atoms with Gasteiger partial charge in [0.1, 0.15) is 0 Å². The highest BCUT2D eigenvalue weighted by molar-refractivity contribution is 5.94. The number of hydrogen-bond acceptors (Lipinski definition) is 4. The van der Waals surface area contributed by atoms with Gasteiger partial charge in [0, 0.05) is 11.3 Å². The Labute approximate surface area is 117 Å². The summed E-state index contributed by atoms with van der Waals surface area (Å²) in [5.41, 5.74) is 7.36. The van der Waals surface area contributed by atoms with Crippen molar-refractivity contribution in [2.75, 3.05) is 6.79 Å². The van der Waals surface area contributed by atoms with Gasteiger partial charge in [0.15, 0.2) is 11.5 Å². The van der Waals surface area contributed by atoms with Crippen molar-refractivity contribution in [1.29, 1.82) is 0 Å². The van der Waals surface area contributed by atoms with Crippen LogP contribution in [0, 0.1) is 5.92 Å². The first kappa shape index (κ1) is 12.8. The van der Waals surface area contributed by atoms with E-state index in [9.17, 15) is 4.79 Å². The van der Waals surface area contributed by atoms with Crippen LogP contribution in [0.25, 0.3) is 0 Å². The van der Waals surface area contributed by atoms with Crippen molar-refractivity contribution in [2.45, 2.75) is 26.2 Å². The molecule has 20 heavy (non-hydrogen) atoms. The molecule has 0 spiro atoms. The van der Waals surface area contributed by atoms with Crippen molar-refractivity contribution in [3.05, 3.63) is 35.5 Å². The lowest BCUT2D eigenvalue weighted by Gasteiger charge is -2.19. The maximum Gasteiger partial charge on any atom is 0.269 e. The van der Waals surface area contributed by atoms with E-state index in [1.54, 1.807) is 18.2 Å². The SMILES string of the molecule is C[C@H]1C=C(NNC(=O)c2ccc3c(c2)OCO3)CCC1. The Morgan fingerprint density at radius 3 is 3.00 bits per heavy atom. The first-order chi connectivity index (χ1) is 9.72. The average molecular weight is 274 g/mol. The molecule has 0 fully saturated rings. The molecule has 5 heteroatoms. The third-order valence-electron chi connectivity index (χ3n) is 3.56. The van der Waals surface area contributed by atoms with Crippen LogP contribution in [-0.4, -0.2) is 12.7 Å². The monoisotopic (exact) mass is 274 g/mol. The smallest absolute Gasteiger partial charge is 0.269 e. The van der Waals surface area contributed by atoms with Crippen molar-refractivity contribution in [2.24, 2.45) is 5.92 Å². The standard InChI is InChI=1S/C15H18N2O3/c1-10-3-2-4-12(7-10)16-17-15(18)11-5-6-13-14(8-11)20-9-19-13/h5-8,10,16H,2-4,9H2,1H3,(H,17,18)/t10-/m1/s1. The number of benzene rings is 1. The summed E-state index contributed by atoms with van der Waals surface area (Å²) in [5.74, 6) is 1.68. The molecular weight excluding hydrogens is 256 g/mol. The van der Waals surface area contributed by atoms with Crippen molar-refractivity contribution in [1.82, 2.24) is 10.9 Å². The van der Waals surface area contributed by atoms with Crippen LogP contribution in [0.15, 0.2) is 30.0 Å². The van der Waals surface area contributed by atoms with Crippen LogP contribution in [-0.2, 0) is 0 Å². The number of amides is 1. The van der Waals surface area contributed by atoms with Gasteiger partial charge in [-0.3, -0.25) is 10.2 Å². The van der Waals surface area contributed by atoms with Crippen LogP contribution in [0.3, 0.4) is 0 Å². The molecule has 2 N–H and O–H groups in total. The number of nitrogens with one attached hydrogen (secondary N) is 2. The zero-order valence-electron chi connectivity index (χ0n) is 11.4. The minimum absolute atomic E-state index is 0.178. The van der Waals surface area contributed by atoms with Crippen molar-refractivity contribution in [3.63, 3.8) is 0 Å². The fourth-order valence-electron chi connectivity index (χ4n) is 2.48. The number of hydrazine groups is 1. The van der Waals surface area contributed by atoms with Gasteiger partial charge < -0.3 is 14.9 Å². The van der Waals surface area contributed by atoms with Crippen LogP contribution in [0.5, 0.6) is 11.5 Å². The quantitative estimate of drug-likeness (QED) is 0.831. The zero-order valence-corrected chi connectivity index (χ0v) is 11.4. The summed E-state index contributed by atoms with van der Waals surface area (Å²) in [7, 11) is 0. The molecule has 0 bridgehead atoms. The Bertz CT molecular complexity index is 554. The summed E-state index contributed by atoms with van der Waals surface area (Å²) in [4.78, 5) is 12.1. The Morgan fingerprint density at radius 2 is 2.15 bits per heavy atom. The Balaban J connectivity index is 1.62. The molecule has 1 amide bonds. The third kappa shape index (κ3) is 2.71. The minimum Gasteiger partial charge on any atom is -0.454 e. The highest BCUT2D eigenvalue weighted by Gasteiger charge is 2.16. The summed E-state index contributed by atoms with van der Waals surface area (Å²) in [6.07, 6.45) is 5.51. The predicted molar refractivity (Wildman–Crippen MR) is 74.3 cm³/mol. The number of ether oxygens (including phenoxy) is 2. The summed E-state index contributed by atoms with van der Waals surface area (Å²) in [6, 6.07) is 5.17. The van der Waals surface area contributed by atoms with E-state index in [1.807, 2.05) is 0 Å². The average Bonchev–Trinajstić information content (AvgIpc) is 2.92. The van der Waals surface area contributed by atoms with Crippen LogP contribution >= 0.6 is 0 Å². The van der Waals surface area contributed by atoms with Crippen LogP contribution in [0.4, 0.5) is 0 Å². The third-order valence-corrected chi connectivity index (χ3v) is 3.56. The van der Waals surface area contributed by atoms with E-state index < -0.39 is 0 Å². The first-order valence-corrected chi connectivity index (χ1v) is 6.89. The van der Waals surface area contributed by atoms with Crippen LogP contribution in [0.2, 0.25) is 0 Å². The van der Waals surface area contributed by atoms with Crippen molar-refractivity contribution >= 4 is 5.91 Å². The molecule has 3 rings (SSSR count). The van der Waals surface area contributed by atoms with E-state index in [1.165, 1.54) is 6.42 Å². The number of hydrogen-bond donors (Lipinski definition) is 2. The molecule has 1 aromatic carbocycles. The lowest BCUT2D eigenvalue weighted by atomic mass is 9.96. The molecule has 1 aliphatic heterocycles. The van der Waals surface area contributed by atoms with Gasteiger partial charge >= 0.3 is 0 Å². The molecule has 0 radical (unpaired) electrons. The van der Waals surface area contributed by atoms with Crippen molar-refractivity contribution < 1.29 is 14.3 Å². The highest BCUT2D eigenvalue weighted by atomic mass is 16.7. The molecule has 0 aromatic heterocycles. The van der Waals surface area contributed by atoms with E-state index in [-0.39, 0.29) is 12.7 Å². The second-order valence-electron chi connectivity index (χ2n) is 5.21. The second kappa shape index (κ2) is 5.45. The molecule has 2 aliphatic rings. The maximum absolute atomic E-state index is 12.1. The second-order valence-corrected chi connectivity index (χ2v) is 5.21. The molecule has 106 valence electrons. The van der Waals surface area contributed by atoms with Crippen LogP contribution < -0.4 is 20.3 Å². The normalized spacial score (nSPS) is 20.2. The topological polar surface area (TPSA) is 59.6 Å². The molecule has 5 nitrogen and oxygen atoms in total. The van der Waals surface area contributed by atoms with E-state index in [0.717, 1.165) is 18.5 Å². The van der Waals surface area contributed by atoms with Gasteiger partial charge in [-0.1, -0.05) is 13.0 Å². The van der Waals surface area contributed by atoms with Gasteiger partial charge in [-0.05, 0) is 43.4 Å². The van der Waals surface area contributed by atoms with Gasteiger partial charge in [-0.25, -0.2) is 0 Å². The molecule has 1 atom stereocenters. The van der Waals surface area contributed by atoms with E-state index in [4.69, 9.17) is 9.47 Å². The molecule has 1 heterocycles. The van der Waals surface area contributed by atoms with Crippen molar-refractivity contribution in [3.8, 4) is 11.5 Å². The van der Waals surface area contributed by atoms with E-state index >= 15 is 0 Å². The van der Waals surface area contributed by atoms with Crippen LogP contribution in [0.1, 0.15) is 36.5 Å². The van der Waals surface area contributed by atoms with Gasteiger partial charge in [0.05, 0.1) is 0 Å². The largest absolute Gasteiger partial charge is 0.454 e. The Kier molecular flexibility index (Phi) is 3.50. The predicted octanol–water partition coefficient (Wildman–Crippen LogP) is 2.35. The fourth-order valence-corrected chi connectivity index (χ4v) is 2.48. The Morgan fingerprint density at radius 1 is 1.30 bits per heavy atom. The Hall–Kier alpha value is -2.17. The van der Waals surface area contributed by atoms with Gasteiger partial charge in [-0.15, -0.1) is 0 Å². The van der Waals surface area contributed by atoms with Gasteiger partial charge in [0.2, 0.25) is 6.79 Å². The highest BCUT2D eigenvalue weighted by Crippen LogP contribution is 2.32. The summed E-state index contributed by atoms with van der Waals surface area (Å²) < 4.78 is 10.5. The lowest BCUT2D eigenvalue weighted by molar-refractivity contribution is 0.0937. The lowest BCUT2D eigenvalue weighted by Crippen LogP contribution is -2.37. The number of carbonyl (C=O) groups is 1. The molecule has 1 aliphatic carbocycles. The maximum atomic E-state index is 12.1. The minimum atomic E-state index is -0.178. The number of allylic oxidation sites excluding steroid dienone is 2. The number of rotatable bonds is 3. The summed E-state index contributed by atoms with van der Waals surface area (Å²) >= 11 is 0. The molecule has 0 unspecified atom stereocenters. The molecular formula is C15H18N2O3. The number of fused-ring (bicyclic) bond motifs is 1. The summed E-state index contributed by atoms with van der Waals surface area (Å²) in [6.45, 7) is 2.39. The molecule has 0 saturated carbocycles.